The van der Waals surface area contributed by atoms with Crippen LogP contribution in [0.25, 0.3) is 0 Å². The first-order valence-electron chi connectivity index (χ1n) is 4.64. The number of pyridine rings is 1. The average molecular weight is 229 g/mol. The number of halogens is 3. The minimum Gasteiger partial charge on any atom is -0.348 e. The third kappa shape index (κ3) is 3.42. The minimum absolute atomic E-state index is 0.166. The second-order valence-electron chi connectivity index (χ2n) is 3.14. The molecule has 0 fully saturated rings. The monoisotopic (exact) mass is 229 g/mol. The summed E-state index contributed by atoms with van der Waals surface area (Å²) in [5, 5.41) is 8.63. The third-order valence-corrected chi connectivity index (χ3v) is 1.95. The summed E-state index contributed by atoms with van der Waals surface area (Å²) in [5.41, 5.74) is 0.297. The lowest BCUT2D eigenvalue weighted by Gasteiger charge is -2.23. The van der Waals surface area contributed by atoms with E-state index in [1.54, 1.807) is 6.92 Å². The topological polar surface area (TPSA) is 39.9 Å². The van der Waals surface area contributed by atoms with E-state index in [9.17, 15) is 13.2 Å². The molecule has 1 aromatic rings. The molecule has 0 saturated heterocycles. The van der Waals surface area contributed by atoms with Crippen molar-refractivity contribution in [2.75, 3.05) is 18.0 Å². The predicted molar refractivity (Wildman–Crippen MR) is 52.9 cm³/mol. The molecule has 3 nitrogen and oxygen atoms in total. The first-order chi connectivity index (χ1) is 7.46. The van der Waals surface area contributed by atoms with E-state index in [0.29, 0.717) is 5.56 Å². The first kappa shape index (κ1) is 12.3. The van der Waals surface area contributed by atoms with E-state index in [-0.39, 0.29) is 12.4 Å². The third-order valence-electron chi connectivity index (χ3n) is 1.95. The van der Waals surface area contributed by atoms with Crippen LogP contribution in [0.5, 0.6) is 0 Å². The molecule has 0 aliphatic carbocycles. The van der Waals surface area contributed by atoms with Gasteiger partial charge in [0.05, 0.1) is 11.6 Å². The molecule has 1 aromatic heterocycles. The van der Waals surface area contributed by atoms with Gasteiger partial charge in [-0.05, 0) is 19.1 Å². The molecule has 0 N–H and O–H groups in total. The molecule has 0 aliphatic heterocycles. The summed E-state index contributed by atoms with van der Waals surface area (Å²) in [6.45, 7) is 0.721. The van der Waals surface area contributed by atoms with Crippen LogP contribution in [-0.4, -0.2) is 24.2 Å². The Labute approximate surface area is 91.1 Å². The number of hydrogen-bond acceptors (Lipinski definition) is 3. The molecule has 0 spiro atoms. The Morgan fingerprint density at radius 3 is 2.69 bits per heavy atom. The van der Waals surface area contributed by atoms with Crippen LogP contribution >= 0.6 is 0 Å². The maximum Gasteiger partial charge on any atom is 0.405 e. The summed E-state index contributed by atoms with van der Waals surface area (Å²) in [7, 11) is 0. The maximum absolute atomic E-state index is 12.2. The molecule has 0 aromatic carbocycles. The van der Waals surface area contributed by atoms with Gasteiger partial charge < -0.3 is 4.90 Å². The molecule has 16 heavy (non-hydrogen) atoms. The lowest BCUT2D eigenvalue weighted by molar-refractivity contribution is -0.119. The zero-order valence-corrected chi connectivity index (χ0v) is 8.62. The fourth-order valence-corrected chi connectivity index (χ4v) is 1.23. The Hall–Kier alpha value is -1.77. The first-order valence-corrected chi connectivity index (χ1v) is 4.64. The SMILES string of the molecule is CCN(CC(F)(F)F)c1cc(C#N)ccn1. The number of alkyl halides is 3. The Morgan fingerprint density at radius 2 is 2.19 bits per heavy atom. The van der Waals surface area contributed by atoms with Crippen LogP contribution in [0.15, 0.2) is 18.3 Å². The van der Waals surface area contributed by atoms with Crippen molar-refractivity contribution in [1.29, 1.82) is 5.26 Å². The van der Waals surface area contributed by atoms with E-state index in [2.05, 4.69) is 4.98 Å². The fourth-order valence-electron chi connectivity index (χ4n) is 1.23. The highest BCUT2D eigenvalue weighted by atomic mass is 19.4. The Balaban J connectivity index is 2.91. The van der Waals surface area contributed by atoms with E-state index in [1.807, 2.05) is 6.07 Å². The summed E-state index contributed by atoms with van der Waals surface area (Å²) >= 11 is 0. The van der Waals surface area contributed by atoms with Gasteiger partial charge in [0.15, 0.2) is 0 Å². The highest BCUT2D eigenvalue weighted by molar-refractivity contribution is 5.44. The van der Waals surface area contributed by atoms with Gasteiger partial charge in [0, 0.05) is 12.7 Å². The largest absolute Gasteiger partial charge is 0.405 e. The molecule has 0 unspecified atom stereocenters. The van der Waals surface area contributed by atoms with E-state index in [0.717, 1.165) is 4.90 Å². The van der Waals surface area contributed by atoms with Crippen LogP contribution in [0.1, 0.15) is 12.5 Å². The van der Waals surface area contributed by atoms with Crippen molar-refractivity contribution < 1.29 is 13.2 Å². The number of hydrogen-bond donors (Lipinski definition) is 0. The lowest BCUT2D eigenvalue weighted by atomic mass is 10.3. The molecule has 0 amide bonds. The zero-order chi connectivity index (χ0) is 12.2. The van der Waals surface area contributed by atoms with Gasteiger partial charge >= 0.3 is 6.18 Å². The van der Waals surface area contributed by atoms with Crippen molar-refractivity contribution in [3.05, 3.63) is 23.9 Å². The van der Waals surface area contributed by atoms with Crippen molar-refractivity contribution in [2.45, 2.75) is 13.1 Å². The van der Waals surface area contributed by atoms with Gasteiger partial charge in [-0.2, -0.15) is 18.4 Å². The van der Waals surface area contributed by atoms with Gasteiger partial charge in [-0.3, -0.25) is 0 Å². The summed E-state index contributed by atoms with van der Waals surface area (Å²) in [4.78, 5) is 4.89. The number of anilines is 1. The molecule has 0 radical (unpaired) electrons. The Morgan fingerprint density at radius 1 is 1.50 bits per heavy atom. The smallest absolute Gasteiger partial charge is 0.348 e. The highest BCUT2D eigenvalue weighted by Crippen LogP contribution is 2.20. The minimum atomic E-state index is -4.28. The summed E-state index contributed by atoms with van der Waals surface area (Å²) in [5.74, 6) is 0.166. The van der Waals surface area contributed by atoms with Crippen LogP contribution in [0, 0.1) is 11.3 Å². The van der Waals surface area contributed by atoms with E-state index in [4.69, 9.17) is 5.26 Å². The standard InChI is InChI=1S/C10H10F3N3/c1-2-16(7-10(11,12)13)9-5-8(6-14)3-4-15-9/h3-5H,2,7H2,1H3. The predicted octanol–water partition coefficient (Wildman–Crippen LogP) is 2.34. The van der Waals surface area contributed by atoms with Crippen molar-refractivity contribution >= 4 is 5.82 Å². The highest BCUT2D eigenvalue weighted by Gasteiger charge is 2.30. The van der Waals surface area contributed by atoms with E-state index < -0.39 is 12.7 Å². The van der Waals surface area contributed by atoms with Gasteiger partial charge in [-0.25, -0.2) is 4.98 Å². The van der Waals surface area contributed by atoms with Crippen LogP contribution in [0.2, 0.25) is 0 Å². The summed E-state index contributed by atoms with van der Waals surface area (Å²) < 4.78 is 36.7. The van der Waals surface area contributed by atoms with E-state index in [1.165, 1.54) is 18.3 Å². The van der Waals surface area contributed by atoms with Crippen molar-refractivity contribution in [1.82, 2.24) is 4.98 Å². The molecule has 1 heterocycles. The second kappa shape index (κ2) is 4.84. The van der Waals surface area contributed by atoms with E-state index >= 15 is 0 Å². The number of nitriles is 1. The maximum atomic E-state index is 12.2. The molecule has 0 aliphatic rings. The van der Waals surface area contributed by atoms with Crippen molar-refractivity contribution in [3.63, 3.8) is 0 Å². The van der Waals surface area contributed by atoms with Gasteiger partial charge in [-0.15, -0.1) is 0 Å². The van der Waals surface area contributed by atoms with Gasteiger partial charge in [0.2, 0.25) is 0 Å². The molecule has 0 bridgehead atoms. The number of nitrogens with zero attached hydrogens (tertiary/aromatic N) is 3. The fraction of sp³-hybridized carbons (Fsp3) is 0.400. The number of aromatic nitrogens is 1. The van der Waals surface area contributed by atoms with Gasteiger partial charge in [0.1, 0.15) is 12.4 Å². The summed E-state index contributed by atoms with van der Waals surface area (Å²) in [6.07, 6.45) is -2.95. The molecule has 6 heteroatoms. The second-order valence-corrected chi connectivity index (χ2v) is 3.14. The van der Waals surface area contributed by atoms with Crippen molar-refractivity contribution in [2.24, 2.45) is 0 Å². The molecular weight excluding hydrogens is 219 g/mol. The zero-order valence-electron chi connectivity index (χ0n) is 8.62. The van der Waals surface area contributed by atoms with Crippen LogP contribution in [0.3, 0.4) is 0 Å². The molecule has 1 rings (SSSR count). The van der Waals surface area contributed by atoms with Crippen LogP contribution < -0.4 is 4.90 Å². The number of rotatable bonds is 3. The Kier molecular flexibility index (Phi) is 3.72. The van der Waals surface area contributed by atoms with Gasteiger partial charge in [0.25, 0.3) is 0 Å². The van der Waals surface area contributed by atoms with Gasteiger partial charge in [-0.1, -0.05) is 0 Å². The lowest BCUT2D eigenvalue weighted by Crippen LogP contribution is -2.34. The Bertz CT molecular complexity index is 395. The van der Waals surface area contributed by atoms with Crippen molar-refractivity contribution in [3.8, 4) is 6.07 Å². The quantitative estimate of drug-likeness (QED) is 0.798. The molecule has 0 saturated carbocycles. The van der Waals surface area contributed by atoms with Crippen LogP contribution in [0.4, 0.5) is 19.0 Å². The van der Waals surface area contributed by atoms with Crippen LogP contribution in [-0.2, 0) is 0 Å². The average Bonchev–Trinajstić information content (AvgIpc) is 2.25. The molecular formula is C10H10F3N3. The summed E-state index contributed by atoms with van der Waals surface area (Å²) in [6, 6.07) is 4.65. The molecule has 0 atom stereocenters. The molecule has 86 valence electrons. The normalized spacial score (nSPS) is 10.9.